The fraction of sp³-hybridized carbons (Fsp3) is 0.500. The van der Waals surface area contributed by atoms with Crippen LogP contribution in [-0.4, -0.2) is 16.1 Å². The molecule has 14 heteroatoms. The summed E-state index contributed by atoms with van der Waals surface area (Å²) < 4.78 is 149. The highest BCUT2D eigenvalue weighted by molar-refractivity contribution is 5.28. The molecule has 0 saturated heterocycles. The summed E-state index contributed by atoms with van der Waals surface area (Å²) in [6, 6.07) is 0. The lowest BCUT2D eigenvalue weighted by Crippen LogP contribution is -2.38. The Morgan fingerprint density at radius 3 is 1.41 bits per heavy atom. The summed E-state index contributed by atoms with van der Waals surface area (Å²) in [5.74, 6) is -12.6. The maximum Gasteiger partial charge on any atom is 0.459 e. The van der Waals surface area contributed by atoms with Gasteiger partial charge in [-0.05, 0) is 0 Å². The van der Waals surface area contributed by atoms with Gasteiger partial charge in [0.25, 0.3) is 0 Å². The first-order chi connectivity index (χ1) is 9.49. The normalized spacial score (nSPS) is 14.4. The van der Waals surface area contributed by atoms with Crippen LogP contribution in [0.1, 0.15) is 17.1 Å². The highest BCUT2D eigenvalue weighted by atomic mass is 19.4. The highest BCUT2D eigenvalue weighted by Crippen LogP contribution is 2.48. The minimum atomic E-state index is -6.74. The molecule has 22 heavy (non-hydrogen) atoms. The second-order valence-electron chi connectivity index (χ2n) is 3.63. The average Bonchev–Trinajstić information content (AvgIpc) is 2.22. The molecule has 0 atom stereocenters. The SMILES string of the molecule is Fc1nc(C(F)(F)F)nc(C(F)(F)C(F)(F)F)c1C(F)(F)F. The van der Waals surface area contributed by atoms with Crippen LogP contribution in [0, 0.1) is 5.95 Å². The van der Waals surface area contributed by atoms with E-state index in [2.05, 4.69) is 0 Å². The standard InChI is InChI=1S/C8F12N2/c9-3-1(6(12,13)14)2(5(10,11)8(18,19)20)21-4(22-3)7(15,16)17. The second kappa shape index (κ2) is 4.87. The van der Waals surface area contributed by atoms with Crippen molar-refractivity contribution in [2.24, 2.45) is 0 Å². The predicted molar refractivity (Wildman–Crippen MR) is 41.9 cm³/mol. The van der Waals surface area contributed by atoms with E-state index in [1.165, 1.54) is 0 Å². The van der Waals surface area contributed by atoms with Crippen LogP contribution in [0.25, 0.3) is 0 Å². The number of hydrogen-bond donors (Lipinski definition) is 0. The lowest BCUT2D eigenvalue weighted by molar-refractivity contribution is -0.293. The molecule has 0 aliphatic carbocycles. The van der Waals surface area contributed by atoms with Crippen LogP contribution in [-0.2, 0) is 18.3 Å². The van der Waals surface area contributed by atoms with Crippen molar-refractivity contribution in [3.63, 3.8) is 0 Å². The van der Waals surface area contributed by atoms with Crippen molar-refractivity contribution in [1.29, 1.82) is 0 Å². The van der Waals surface area contributed by atoms with Crippen LogP contribution in [0.15, 0.2) is 0 Å². The van der Waals surface area contributed by atoms with Gasteiger partial charge in [-0.1, -0.05) is 0 Å². The summed E-state index contributed by atoms with van der Waals surface area (Å²) >= 11 is 0. The van der Waals surface area contributed by atoms with E-state index in [4.69, 9.17) is 0 Å². The second-order valence-corrected chi connectivity index (χ2v) is 3.63. The molecule has 1 aromatic rings. The average molecular weight is 352 g/mol. The maximum absolute atomic E-state index is 13.0. The number of hydrogen-bond acceptors (Lipinski definition) is 2. The lowest BCUT2D eigenvalue weighted by Gasteiger charge is -2.23. The summed E-state index contributed by atoms with van der Waals surface area (Å²) in [5.41, 5.74) is -6.80. The quantitative estimate of drug-likeness (QED) is 0.556. The zero-order valence-corrected chi connectivity index (χ0v) is 9.43. The Hall–Kier alpha value is -1.76. The van der Waals surface area contributed by atoms with Gasteiger partial charge in [0.1, 0.15) is 11.3 Å². The first-order valence-electron chi connectivity index (χ1n) is 4.66. The summed E-state index contributed by atoms with van der Waals surface area (Å²) in [6.07, 6.45) is -18.8. The Bertz CT molecular complexity index is 566. The summed E-state index contributed by atoms with van der Waals surface area (Å²) in [5, 5.41) is 0. The van der Waals surface area contributed by atoms with Gasteiger partial charge in [0.15, 0.2) is 0 Å². The van der Waals surface area contributed by atoms with Gasteiger partial charge in [0, 0.05) is 0 Å². The molecule has 2 nitrogen and oxygen atoms in total. The molecule has 0 spiro atoms. The largest absolute Gasteiger partial charge is 0.459 e. The molecule has 126 valence electrons. The van der Waals surface area contributed by atoms with Crippen molar-refractivity contribution >= 4 is 0 Å². The van der Waals surface area contributed by atoms with Crippen LogP contribution in [0.5, 0.6) is 0 Å². The van der Waals surface area contributed by atoms with Crippen molar-refractivity contribution in [2.45, 2.75) is 24.5 Å². The van der Waals surface area contributed by atoms with Crippen LogP contribution in [0.2, 0.25) is 0 Å². The zero-order valence-electron chi connectivity index (χ0n) is 9.43. The zero-order chi connectivity index (χ0) is 17.7. The fourth-order valence-electron chi connectivity index (χ4n) is 1.17. The van der Waals surface area contributed by atoms with E-state index < -0.39 is 47.5 Å². The number of aromatic nitrogens is 2. The Morgan fingerprint density at radius 2 is 1.09 bits per heavy atom. The van der Waals surface area contributed by atoms with Gasteiger partial charge < -0.3 is 0 Å². The third kappa shape index (κ3) is 3.19. The van der Waals surface area contributed by atoms with Gasteiger partial charge in [-0.15, -0.1) is 0 Å². The molecular formula is C8F12N2. The van der Waals surface area contributed by atoms with Crippen LogP contribution < -0.4 is 0 Å². The lowest BCUT2D eigenvalue weighted by atomic mass is 10.1. The first kappa shape index (κ1) is 18.3. The first-order valence-corrected chi connectivity index (χ1v) is 4.66. The van der Waals surface area contributed by atoms with E-state index in [1.54, 1.807) is 9.97 Å². The van der Waals surface area contributed by atoms with E-state index in [-0.39, 0.29) is 0 Å². The Labute approximate surface area is 111 Å². The molecular weight excluding hydrogens is 352 g/mol. The van der Waals surface area contributed by atoms with Gasteiger partial charge in [-0.25, -0.2) is 4.98 Å². The third-order valence-corrected chi connectivity index (χ3v) is 2.06. The minimum absolute atomic E-state index is 1.54. The Kier molecular flexibility index (Phi) is 4.05. The smallest absolute Gasteiger partial charge is 0.222 e. The minimum Gasteiger partial charge on any atom is -0.222 e. The molecule has 0 unspecified atom stereocenters. The molecule has 0 aliphatic heterocycles. The van der Waals surface area contributed by atoms with Crippen LogP contribution in [0.4, 0.5) is 52.7 Å². The van der Waals surface area contributed by atoms with E-state index in [1.807, 2.05) is 0 Å². The van der Waals surface area contributed by atoms with Crippen molar-refractivity contribution in [2.75, 3.05) is 0 Å². The molecule has 1 heterocycles. The molecule has 0 N–H and O–H groups in total. The topological polar surface area (TPSA) is 25.8 Å². The van der Waals surface area contributed by atoms with E-state index in [0.29, 0.717) is 0 Å². The molecule has 0 aromatic carbocycles. The van der Waals surface area contributed by atoms with Crippen LogP contribution >= 0.6 is 0 Å². The number of nitrogens with zero attached hydrogens (tertiary/aromatic N) is 2. The van der Waals surface area contributed by atoms with Crippen molar-refractivity contribution < 1.29 is 52.7 Å². The maximum atomic E-state index is 13.0. The number of halogens is 12. The summed E-state index contributed by atoms with van der Waals surface area (Å²) in [7, 11) is 0. The molecule has 0 radical (unpaired) electrons. The molecule has 0 aliphatic rings. The van der Waals surface area contributed by atoms with Gasteiger partial charge in [0.2, 0.25) is 11.8 Å². The molecule has 0 fully saturated rings. The van der Waals surface area contributed by atoms with Gasteiger partial charge in [-0.2, -0.15) is 57.7 Å². The van der Waals surface area contributed by atoms with Crippen molar-refractivity contribution in [1.82, 2.24) is 9.97 Å². The molecule has 0 bridgehead atoms. The number of rotatable bonds is 1. The Balaban J connectivity index is 3.83. The van der Waals surface area contributed by atoms with Gasteiger partial charge >= 0.3 is 24.5 Å². The van der Waals surface area contributed by atoms with E-state index >= 15 is 0 Å². The predicted octanol–water partition coefficient (Wildman–Crippen LogP) is 4.31. The number of alkyl halides is 11. The van der Waals surface area contributed by atoms with Crippen LogP contribution in [0.3, 0.4) is 0 Å². The highest BCUT2D eigenvalue weighted by Gasteiger charge is 2.64. The molecule has 1 aromatic heterocycles. The summed E-state index contributed by atoms with van der Waals surface area (Å²) in [6.45, 7) is 0. The van der Waals surface area contributed by atoms with Gasteiger partial charge in [-0.3, -0.25) is 0 Å². The van der Waals surface area contributed by atoms with E-state index in [0.717, 1.165) is 0 Å². The van der Waals surface area contributed by atoms with Crippen molar-refractivity contribution in [3.05, 3.63) is 23.0 Å². The monoisotopic (exact) mass is 352 g/mol. The Morgan fingerprint density at radius 1 is 0.636 bits per heavy atom. The molecule has 1 rings (SSSR count). The molecule has 0 amide bonds. The molecule has 0 saturated carbocycles. The summed E-state index contributed by atoms with van der Waals surface area (Å²) in [4.78, 5) is 3.19. The van der Waals surface area contributed by atoms with Crippen molar-refractivity contribution in [3.8, 4) is 0 Å². The fourth-order valence-corrected chi connectivity index (χ4v) is 1.17. The van der Waals surface area contributed by atoms with Gasteiger partial charge in [0.05, 0.1) is 0 Å². The van der Waals surface area contributed by atoms with E-state index in [9.17, 15) is 52.7 Å². The third-order valence-electron chi connectivity index (χ3n) is 2.06.